The first-order valence-electron chi connectivity index (χ1n) is 8.19. The zero-order valence-corrected chi connectivity index (χ0v) is 16.0. The number of aromatic nitrogens is 2. The Kier molecular flexibility index (Phi) is 6.32. The molecular formula is C19H17Cl2N3O3. The summed E-state index contributed by atoms with van der Waals surface area (Å²) in [5, 5.41) is 4.20. The molecule has 0 unspecified atom stereocenters. The first-order chi connectivity index (χ1) is 13.1. The lowest BCUT2D eigenvalue weighted by molar-refractivity contribution is -0.123. The molecule has 1 heterocycles. The second kappa shape index (κ2) is 8.88. The van der Waals surface area contributed by atoms with Crippen LogP contribution < -0.4 is 14.8 Å². The van der Waals surface area contributed by atoms with Crippen LogP contribution in [0.4, 0.5) is 0 Å². The van der Waals surface area contributed by atoms with E-state index in [2.05, 4.69) is 15.3 Å². The van der Waals surface area contributed by atoms with Crippen LogP contribution in [0.15, 0.2) is 42.7 Å². The van der Waals surface area contributed by atoms with E-state index >= 15 is 0 Å². The lowest BCUT2D eigenvalue weighted by Crippen LogP contribution is -2.30. The highest BCUT2D eigenvalue weighted by atomic mass is 35.5. The number of benzene rings is 2. The van der Waals surface area contributed by atoms with Crippen molar-refractivity contribution in [3.8, 4) is 11.6 Å². The highest BCUT2D eigenvalue weighted by Crippen LogP contribution is 2.30. The normalized spacial score (nSPS) is 10.6. The fraction of sp³-hybridized carbons (Fsp3) is 0.211. The van der Waals surface area contributed by atoms with Crippen LogP contribution in [0.5, 0.6) is 11.6 Å². The Labute approximate surface area is 166 Å². The van der Waals surface area contributed by atoms with Crippen molar-refractivity contribution in [2.75, 3.05) is 20.3 Å². The second-order valence-corrected chi connectivity index (χ2v) is 6.54. The minimum Gasteiger partial charge on any atom is -0.497 e. The predicted molar refractivity (Wildman–Crippen MR) is 105 cm³/mol. The summed E-state index contributed by atoms with van der Waals surface area (Å²) in [5.74, 6) is 0.812. The second-order valence-electron chi connectivity index (χ2n) is 5.70. The van der Waals surface area contributed by atoms with E-state index in [4.69, 9.17) is 32.7 Å². The van der Waals surface area contributed by atoms with Gasteiger partial charge >= 0.3 is 0 Å². The van der Waals surface area contributed by atoms with Gasteiger partial charge in [0.05, 0.1) is 23.0 Å². The van der Waals surface area contributed by atoms with Gasteiger partial charge < -0.3 is 14.8 Å². The molecule has 8 heteroatoms. The number of fused-ring (bicyclic) bond motifs is 1. The number of halogens is 2. The van der Waals surface area contributed by atoms with Gasteiger partial charge in [-0.1, -0.05) is 35.3 Å². The highest BCUT2D eigenvalue weighted by Gasteiger charge is 2.11. The molecule has 0 radical (unpaired) electrons. The molecule has 0 aliphatic heterocycles. The molecule has 0 bridgehead atoms. The quantitative estimate of drug-likeness (QED) is 0.648. The molecule has 0 saturated carbocycles. The van der Waals surface area contributed by atoms with Gasteiger partial charge in [0.1, 0.15) is 12.1 Å². The summed E-state index contributed by atoms with van der Waals surface area (Å²) in [4.78, 5) is 20.2. The molecule has 2 aromatic carbocycles. The lowest BCUT2D eigenvalue weighted by atomic mass is 10.1. The number of hydrogen-bond acceptors (Lipinski definition) is 5. The van der Waals surface area contributed by atoms with Gasteiger partial charge in [0.2, 0.25) is 5.88 Å². The third-order valence-corrected chi connectivity index (χ3v) is 4.36. The molecule has 27 heavy (non-hydrogen) atoms. The molecule has 1 amide bonds. The van der Waals surface area contributed by atoms with E-state index in [0.717, 1.165) is 11.3 Å². The van der Waals surface area contributed by atoms with Crippen LogP contribution in [-0.4, -0.2) is 36.1 Å². The van der Waals surface area contributed by atoms with Crippen molar-refractivity contribution in [3.63, 3.8) is 0 Å². The number of carbonyl (C=O) groups excluding carboxylic acids is 1. The maximum absolute atomic E-state index is 12.0. The smallest absolute Gasteiger partial charge is 0.258 e. The van der Waals surface area contributed by atoms with Crippen molar-refractivity contribution in [1.29, 1.82) is 0 Å². The van der Waals surface area contributed by atoms with E-state index in [1.807, 2.05) is 24.3 Å². The van der Waals surface area contributed by atoms with Crippen LogP contribution in [0.2, 0.25) is 10.0 Å². The van der Waals surface area contributed by atoms with Crippen LogP contribution >= 0.6 is 23.2 Å². The Bertz CT molecular complexity index is 949. The Morgan fingerprint density at radius 1 is 1.15 bits per heavy atom. The zero-order valence-electron chi connectivity index (χ0n) is 14.5. The third-order valence-electron chi connectivity index (χ3n) is 3.86. The Balaban J connectivity index is 1.54. The average Bonchev–Trinajstić information content (AvgIpc) is 2.67. The molecule has 6 nitrogen and oxygen atoms in total. The molecule has 1 aromatic heterocycles. The first kappa shape index (κ1) is 19.2. The van der Waals surface area contributed by atoms with Crippen molar-refractivity contribution in [1.82, 2.24) is 15.3 Å². The number of ether oxygens (including phenoxy) is 2. The minimum absolute atomic E-state index is 0.168. The summed E-state index contributed by atoms with van der Waals surface area (Å²) < 4.78 is 10.6. The molecule has 0 aliphatic carbocycles. The highest BCUT2D eigenvalue weighted by molar-refractivity contribution is 6.38. The van der Waals surface area contributed by atoms with Crippen molar-refractivity contribution < 1.29 is 14.3 Å². The van der Waals surface area contributed by atoms with E-state index in [-0.39, 0.29) is 18.4 Å². The summed E-state index contributed by atoms with van der Waals surface area (Å²) in [6.45, 7) is 0.329. The Hall–Kier alpha value is -2.57. The van der Waals surface area contributed by atoms with Gasteiger partial charge in [-0.15, -0.1) is 0 Å². The van der Waals surface area contributed by atoms with Crippen LogP contribution in [0.25, 0.3) is 10.9 Å². The molecular weight excluding hydrogens is 389 g/mol. The number of methoxy groups -OCH3 is 1. The number of rotatable bonds is 7. The van der Waals surface area contributed by atoms with Gasteiger partial charge in [-0.05, 0) is 36.2 Å². The molecule has 0 atom stereocenters. The van der Waals surface area contributed by atoms with Gasteiger partial charge in [-0.2, -0.15) is 0 Å². The first-order valence-corrected chi connectivity index (χ1v) is 8.94. The Morgan fingerprint density at radius 2 is 1.93 bits per heavy atom. The zero-order chi connectivity index (χ0) is 19.2. The summed E-state index contributed by atoms with van der Waals surface area (Å²) >= 11 is 12.1. The number of amides is 1. The minimum atomic E-state index is -0.247. The van der Waals surface area contributed by atoms with Gasteiger partial charge in [0.15, 0.2) is 6.61 Å². The standard InChI is InChI=1S/C19H17Cl2N3O3/c1-26-14-4-2-12(3-5-14)6-7-22-17(25)10-27-19-15-8-13(20)9-16(21)18(15)23-11-24-19/h2-5,8-9,11H,6-7,10H2,1H3,(H,22,25). The van der Waals surface area contributed by atoms with E-state index in [1.165, 1.54) is 6.33 Å². The molecule has 0 saturated heterocycles. The molecule has 140 valence electrons. The summed E-state index contributed by atoms with van der Waals surface area (Å²) in [5.41, 5.74) is 1.62. The number of carbonyl (C=O) groups is 1. The number of nitrogens with one attached hydrogen (secondary N) is 1. The molecule has 0 fully saturated rings. The third kappa shape index (κ3) is 4.99. The van der Waals surface area contributed by atoms with Gasteiger partial charge in [-0.3, -0.25) is 4.79 Å². The molecule has 3 aromatic rings. The largest absolute Gasteiger partial charge is 0.497 e. The van der Waals surface area contributed by atoms with Crippen molar-refractivity contribution in [3.05, 3.63) is 58.3 Å². The summed E-state index contributed by atoms with van der Waals surface area (Å²) in [7, 11) is 1.62. The molecule has 0 aliphatic rings. The van der Waals surface area contributed by atoms with Crippen molar-refractivity contribution in [2.45, 2.75) is 6.42 Å². The van der Waals surface area contributed by atoms with E-state index in [1.54, 1.807) is 19.2 Å². The maximum Gasteiger partial charge on any atom is 0.258 e. The van der Waals surface area contributed by atoms with E-state index in [9.17, 15) is 4.79 Å². The van der Waals surface area contributed by atoms with Crippen LogP contribution in [0.3, 0.4) is 0 Å². The molecule has 0 spiro atoms. The fourth-order valence-corrected chi connectivity index (χ4v) is 3.05. The number of nitrogens with zero attached hydrogens (tertiary/aromatic N) is 2. The average molecular weight is 406 g/mol. The van der Waals surface area contributed by atoms with Gasteiger partial charge in [0, 0.05) is 11.6 Å². The molecule has 1 N–H and O–H groups in total. The van der Waals surface area contributed by atoms with Crippen LogP contribution in [0.1, 0.15) is 5.56 Å². The monoisotopic (exact) mass is 405 g/mol. The summed E-state index contributed by atoms with van der Waals surface area (Å²) in [6.07, 6.45) is 2.04. The van der Waals surface area contributed by atoms with E-state index < -0.39 is 0 Å². The number of hydrogen-bond donors (Lipinski definition) is 1. The van der Waals surface area contributed by atoms with Crippen molar-refractivity contribution >= 4 is 40.0 Å². The van der Waals surface area contributed by atoms with Gasteiger partial charge in [0.25, 0.3) is 5.91 Å². The topological polar surface area (TPSA) is 73.3 Å². The van der Waals surface area contributed by atoms with E-state index in [0.29, 0.717) is 33.9 Å². The Morgan fingerprint density at radius 3 is 2.67 bits per heavy atom. The van der Waals surface area contributed by atoms with Crippen LogP contribution in [0, 0.1) is 0 Å². The lowest BCUT2D eigenvalue weighted by Gasteiger charge is -2.09. The fourth-order valence-electron chi connectivity index (χ4n) is 2.51. The van der Waals surface area contributed by atoms with Gasteiger partial charge in [-0.25, -0.2) is 9.97 Å². The summed E-state index contributed by atoms with van der Waals surface area (Å²) in [6, 6.07) is 10.9. The molecule has 3 rings (SSSR count). The predicted octanol–water partition coefficient (Wildman–Crippen LogP) is 3.68. The van der Waals surface area contributed by atoms with Crippen molar-refractivity contribution in [2.24, 2.45) is 0 Å². The maximum atomic E-state index is 12.0. The van der Waals surface area contributed by atoms with Crippen LogP contribution in [-0.2, 0) is 11.2 Å². The SMILES string of the molecule is COc1ccc(CCNC(=O)COc2ncnc3c(Cl)cc(Cl)cc23)cc1.